The molecule has 1 unspecified atom stereocenters. The number of methoxy groups -OCH3 is 1. The summed E-state index contributed by atoms with van der Waals surface area (Å²) in [6, 6.07) is 4.76. The number of rotatable bonds is 8. The molecule has 0 fully saturated rings. The van der Waals surface area contributed by atoms with Gasteiger partial charge < -0.3 is 19.5 Å². The molecule has 0 spiro atoms. The van der Waals surface area contributed by atoms with E-state index in [1.807, 2.05) is 13.8 Å². The zero-order valence-electron chi connectivity index (χ0n) is 14.5. The minimum Gasteiger partial charge on any atom is -0.494 e. The number of ether oxygens (including phenoxy) is 3. The summed E-state index contributed by atoms with van der Waals surface area (Å²) in [7, 11) is 1.33. The maximum atomic E-state index is 12.3. The highest BCUT2D eigenvalue weighted by Crippen LogP contribution is 2.30. The third kappa shape index (κ3) is 5.38. The van der Waals surface area contributed by atoms with Crippen LogP contribution in [0.1, 0.15) is 20.3 Å². The molecular formula is C17H22N2O5S. The third-order valence-electron chi connectivity index (χ3n) is 3.33. The predicted octanol–water partition coefficient (Wildman–Crippen LogP) is 2.50. The van der Waals surface area contributed by atoms with E-state index in [-0.39, 0.29) is 18.3 Å². The summed E-state index contributed by atoms with van der Waals surface area (Å²) >= 11 is 1.39. The molecule has 1 atom stereocenters. The van der Waals surface area contributed by atoms with Crippen molar-refractivity contribution in [1.82, 2.24) is 0 Å². The topological polar surface area (TPSA) is 86.2 Å². The van der Waals surface area contributed by atoms with Crippen LogP contribution in [0.5, 0.6) is 11.5 Å². The van der Waals surface area contributed by atoms with Crippen LogP contribution in [0, 0.1) is 0 Å². The molecule has 1 aliphatic heterocycles. The Morgan fingerprint density at radius 3 is 2.72 bits per heavy atom. The van der Waals surface area contributed by atoms with Gasteiger partial charge in [-0.05, 0) is 26.0 Å². The molecule has 1 heterocycles. The molecule has 0 radical (unpaired) electrons. The van der Waals surface area contributed by atoms with Crippen LogP contribution in [-0.4, -0.2) is 49.0 Å². The first-order valence-electron chi connectivity index (χ1n) is 8.04. The number of hydrogen-bond acceptors (Lipinski definition) is 7. The number of nitrogens with one attached hydrogen (secondary N) is 1. The molecule has 8 heteroatoms. The zero-order valence-corrected chi connectivity index (χ0v) is 15.4. The fraction of sp³-hybridized carbons (Fsp3) is 0.471. The molecule has 1 aromatic carbocycles. The summed E-state index contributed by atoms with van der Waals surface area (Å²) in [5, 5.41) is 3.44. The lowest BCUT2D eigenvalue weighted by Crippen LogP contribution is -2.20. The average molecular weight is 366 g/mol. The highest BCUT2D eigenvalue weighted by molar-refractivity contribution is 8.14. The standard InChI is InChI=1S/C17H22N2O5S/c1-4-23-11-6-7-14(24-5-2)12(8-11)18-15(20)9-16-19-13(10-25-16)17(21)22-3/h6-8,13H,4-5,9-10H2,1-3H3,(H,18,20). The number of hydrogen-bond donors (Lipinski definition) is 1. The van der Waals surface area contributed by atoms with Crippen molar-refractivity contribution in [3.8, 4) is 11.5 Å². The Morgan fingerprint density at radius 1 is 1.28 bits per heavy atom. The molecule has 0 saturated carbocycles. The van der Waals surface area contributed by atoms with Gasteiger partial charge in [-0.2, -0.15) is 0 Å². The van der Waals surface area contributed by atoms with Gasteiger partial charge >= 0.3 is 5.97 Å². The summed E-state index contributed by atoms with van der Waals surface area (Å²) in [5.41, 5.74) is 0.547. The first kappa shape index (κ1) is 19.1. The molecule has 2 rings (SSSR count). The second-order valence-electron chi connectivity index (χ2n) is 5.12. The van der Waals surface area contributed by atoms with Crippen LogP contribution < -0.4 is 14.8 Å². The normalized spacial score (nSPS) is 16.1. The Hall–Kier alpha value is -2.22. The molecule has 0 bridgehead atoms. The lowest BCUT2D eigenvalue weighted by atomic mass is 10.2. The van der Waals surface area contributed by atoms with Crippen LogP contribution in [0.3, 0.4) is 0 Å². The van der Waals surface area contributed by atoms with Crippen molar-refractivity contribution >= 4 is 34.4 Å². The molecule has 0 aromatic heterocycles. The molecule has 1 amide bonds. The number of benzene rings is 1. The largest absolute Gasteiger partial charge is 0.494 e. The van der Waals surface area contributed by atoms with Gasteiger partial charge in [0, 0.05) is 11.8 Å². The van der Waals surface area contributed by atoms with Crippen molar-refractivity contribution in [1.29, 1.82) is 0 Å². The molecule has 1 N–H and O–H groups in total. The van der Waals surface area contributed by atoms with E-state index >= 15 is 0 Å². The summed E-state index contributed by atoms with van der Waals surface area (Å²) in [5.74, 6) is 1.11. The molecule has 136 valence electrons. The number of amides is 1. The molecule has 25 heavy (non-hydrogen) atoms. The molecule has 0 aliphatic carbocycles. The first-order chi connectivity index (χ1) is 12.1. The van der Waals surface area contributed by atoms with Crippen molar-refractivity contribution in [2.75, 3.05) is 31.4 Å². The Kier molecular flexibility index (Phi) is 7.12. The minimum atomic E-state index is -0.530. The van der Waals surface area contributed by atoms with E-state index in [2.05, 4.69) is 15.0 Å². The maximum absolute atomic E-state index is 12.3. The van der Waals surface area contributed by atoms with Gasteiger partial charge in [-0.3, -0.25) is 9.79 Å². The fourth-order valence-corrected chi connectivity index (χ4v) is 3.25. The number of anilines is 1. The van der Waals surface area contributed by atoms with E-state index in [9.17, 15) is 9.59 Å². The Bertz CT molecular complexity index is 662. The van der Waals surface area contributed by atoms with Crippen molar-refractivity contribution in [3.63, 3.8) is 0 Å². The van der Waals surface area contributed by atoms with Crippen molar-refractivity contribution in [2.45, 2.75) is 26.3 Å². The lowest BCUT2D eigenvalue weighted by Gasteiger charge is -2.13. The smallest absolute Gasteiger partial charge is 0.331 e. The summed E-state index contributed by atoms with van der Waals surface area (Å²) in [4.78, 5) is 28.0. The molecule has 1 aromatic rings. The number of thioether (sulfide) groups is 1. The van der Waals surface area contributed by atoms with Crippen LogP contribution in [0.4, 0.5) is 5.69 Å². The van der Waals surface area contributed by atoms with Gasteiger partial charge in [0.05, 0.1) is 37.5 Å². The van der Waals surface area contributed by atoms with Crippen LogP contribution in [0.15, 0.2) is 23.2 Å². The van der Waals surface area contributed by atoms with Crippen LogP contribution in [-0.2, 0) is 14.3 Å². The van der Waals surface area contributed by atoms with Crippen LogP contribution in [0.25, 0.3) is 0 Å². The summed E-state index contributed by atoms with van der Waals surface area (Å²) in [6.07, 6.45) is 0.0998. The Morgan fingerprint density at radius 2 is 2.04 bits per heavy atom. The summed E-state index contributed by atoms with van der Waals surface area (Å²) in [6.45, 7) is 4.78. The monoisotopic (exact) mass is 366 g/mol. The van der Waals surface area contributed by atoms with Gasteiger partial charge in [0.1, 0.15) is 11.5 Å². The van der Waals surface area contributed by atoms with E-state index < -0.39 is 6.04 Å². The Labute approximate surface area is 151 Å². The van der Waals surface area contributed by atoms with E-state index in [1.54, 1.807) is 18.2 Å². The lowest BCUT2D eigenvalue weighted by molar-refractivity contribution is -0.141. The van der Waals surface area contributed by atoms with Gasteiger partial charge in [0.2, 0.25) is 5.91 Å². The van der Waals surface area contributed by atoms with Crippen LogP contribution in [0.2, 0.25) is 0 Å². The highest BCUT2D eigenvalue weighted by atomic mass is 32.2. The molecule has 1 aliphatic rings. The maximum Gasteiger partial charge on any atom is 0.331 e. The van der Waals surface area contributed by atoms with Gasteiger partial charge in [0.25, 0.3) is 0 Å². The van der Waals surface area contributed by atoms with E-state index in [1.165, 1.54) is 18.9 Å². The second-order valence-corrected chi connectivity index (χ2v) is 6.22. The molecule has 7 nitrogen and oxygen atoms in total. The van der Waals surface area contributed by atoms with Crippen molar-refractivity contribution < 1.29 is 23.8 Å². The van der Waals surface area contributed by atoms with Gasteiger partial charge in [0.15, 0.2) is 6.04 Å². The van der Waals surface area contributed by atoms with E-state index in [0.29, 0.717) is 41.2 Å². The third-order valence-corrected chi connectivity index (χ3v) is 4.39. The Balaban J connectivity index is 2.04. The fourth-order valence-electron chi connectivity index (χ4n) is 2.25. The summed E-state index contributed by atoms with van der Waals surface area (Å²) < 4.78 is 15.7. The number of nitrogens with zero attached hydrogens (tertiary/aromatic N) is 1. The van der Waals surface area contributed by atoms with E-state index in [4.69, 9.17) is 9.47 Å². The quantitative estimate of drug-likeness (QED) is 0.712. The van der Waals surface area contributed by atoms with Crippen molar-refractivity contribution in [2.24, 2.45) is 4.99 Å². The molecule has 0 saturated heterocycles. The van der Waals surface area contributed by atoms with E-state index in [0.717, 1.165) is 0 Å². The highest BCUT2D eigenvalue weighted by Gasteiger charge is 2.26. The number of carbonyl (C=O) groups is 2. The second kappa shape index (κ2) is 9.31. The first-order valence-corrected chi connectivity index (χ1v) is 9.02. The van der Waals surface area contributed by atoms with Gasteiger partial charge in [-0.15, -0.1) is 11.8 Å². The minimum absolute atomic E-state index is 0.0998. The van der Waals surface area contributed by atoms with Gasteiger partial charge in [-0.25, -0.2) is 4.79 Å². The number of carbonyl (C=O) groups excluding carboxylic acids is 2. The number of esters is 1. The predicted molar refractivity (Wildman–Crippen MR) is 97.7 cm³/mol. The van der Waals surface area contributed by atoms with Gasteiger partial charge in [-0.1, -0.05) is 0 Å². The number of aliphatic imine (C=N–C) groups is 1. The molecular weight excluding hydrogens is 344 g/mol. The average Bonchev–Trinajstić information content (AvgIpc) is 3.05. The zero-order chi connectivity index (χ0) is 18.2. The SMILES string of the molecule is CCOc1ccc(OCC)c(NC(=O)CC2=NC(C(=O)OC)CS2)c1. The van der Waals surface area contributed by atoms with Crippen molar-refractivity contribution in [3.05, 3.63) is 18.2 Å². The van der Waals surface area contributed by atoms with Crippen LogP contribution >= 0.6 is 11.8 Å².